The first kappa shape index (κ1) is 19.5. The molecule has 0 atom stereocenters. The maximum absolute atomic E-state index is 5.50. The van der Waals surface area contributed by atoms with Crippen LogP contribution in [0.5, 0.6) is 5.75 Å². The molecule has 0 aliphatic carbocycles. The highest BCUT2D eigenvalue weighted by Crippen LogP contribution is 2.39. The average molecular weight is 411 g/mol. The predicted octanol–water partition coefficient (Wildman–Crippen LogP) is 6.35. The quantitative estimate of drug-likeness (QED) is 0.324. The largest absolute Gasteiger partial charge is 0.497 e. The number of fused-ring (bicyclic) bond motifs is 6. The molecule has 0 amide bonds. The molecule has 5 rings (SSSR count). The standard InChI is InChI=1S/C26H26N4O/c1-15(2)18-7-6-8-19(16(3)4)23(18)22-14-29-25-21-13-17(31-5)9-10-20(21)24-26(30(22)25)28-12-11-27-24/h6-16H,1-5H3. The number of hydrogen-bond acceptors (Lipinski definition) is 4. The molecule has 5 heteroatoms. The lowest BCUT2D eigenvalue weighted by Gasteiger charge is -2.20. The molecule has 3 aromatic heterocycles. The van der Waals surface area contributed by atoms with Crippen molar-refractivity contribution in [2.24, 2.45) is 0 Å². The van der Waals surface area contributed by atoms with Gasteiger partial charge in [0.05, 0.1) is 19.0 Å². The summed E-state index contributed by atoms with van der Waals surface area (Å²) in [6, 6.07) is 12.7. The molecular weight excluding hydrogens is 384 g/mol. The van der Waals surface area contributed by atoms with Crippen LogP contribution in [-0.4, -0.2) is 26.5 Å². The van der Waals surface area contributed by atoms with Gasteiger partial charge in [0, 0.05) is 28.7 Å². The Morgan fingerprint density at radius 1 is 0.806 bits per heavy atom. The van der Waals surface area contributed by atoms with Gasteiger partial charge in [0.25, 0.3) is 0 Å². The molecular formula is C26H26N4O. The number of aromatic nitrogens is 4. The van der Waals surface area contributed by atoms with Crippen LogP contribution in [0.2, 0.25) is 0 Å². The predicted molar refractivity (Wildman–Crippen MR) is 126 cm³/mol. The second-order valence-electron chi connectivity index (χ2n) is 8.56. The third-order valence-corrected chi connectivity index (χ3v) is 6.00. The van der Waals surface area contributed by atoms with Gasteiger partial charge >= 0.3 is 0 Å². The summed E-state index contributed by atoms with van der Waals surface area (Å²) in [6.45, 7) is 8.96. The van der Waals surface area contributed by atoms with Crippen LogP contribution in [0.1, 0.15) is 50.7 Å². The summed E-state index contributed by atoms with van der Waals surface area (Å²) in [6.07, 6.45) is 5.48. The minimum absolute atomic E-state index is 0.386. The number of ether oxygens (including phenoxy) is 1. The van der Waals surface area contributed by atoms with E-state index in [0.29, 0.717) is 11.8 Å². The maximum atomic E-state index is 5.50. The Kier molecular flexibility index (Phi) is 4.62. The summed E-state index contributed by atoms with van der Waals surface area (Å²) >= 11 is 0. The van der Waals surface area contributed by atoms with Crippen LogP contribution in [0.3, 0.4) is 0 Å². The minimum atomic E-state index is 0.386. The maximum Gasteiger partial charge on any atom is 0.165 e. The molecule has 0 unspecified atom stereocenters. The fourth-order valence-electron chi connectivity index (χ4n) is 4.51. The van der Waals surface area contributed by atoms with Crippen molar-refractivity contribution in [3.05, 3.63) is 66.1 Å². The molecule has 0 saturated carbocycles. The van der Waals surface area contributed by atoms with E-state index in [0.717, 1.165) is 39.0 Å². The lowest BCUT2D eigenvalue weighted by molar-refractivity contribution is 0.415. The number of benzene rings is 2. The summed E-state index contributed by atoms with van der Waals surface area (Å²) in [5.41, 5.74) is 7.47. The first-order valence-electron chi connectivity index (χ1n) is 10.7. The molecule has 0 bridgehead atoms. The molecule has 156 valence electrons. The molecule has 0 N–H and O–H groups in total. The lowest BCUT2D eigenvalue weighted by Crippen LogP contribution is -2.03. The van der Waals surface area contributed by atoms with Gasteiger partial charge in [0.1, 0.15) is 16.9 Å². The Balaban J connectivity index is 1.99. The van der Waals surface area contributed by atoms with E-state index in [4.69, 9.17) is 19.7 Å². The molecule has 0 spiro atoms. The van der Waals surface area contributed by atoms with E-state index in [2.05, 4.69) is 50.3 Å². The first-order valence-corrected chi connectivity index (χ1v) is 10.7. The SMILES string of the molecule is COc1ccc2c(c1)c1ncc(-c3c(C(C)C)cccc3C(C)C)n1c1nccnc21. The van der Waals surface area contributed by atoms with Gasteiger partial charge in [-0.3, -0.25) is 9.38 Å². The molecule has 2 aromatic carbocycles. The molecule has 5 nitrogen and oxygen atoms in total. The van der Waals surface area contributed by atoms with Crippen molar-refractivity contribution < 1.29 is 4.74 Å². The number of imidazole rings is 1. The van der Waals surface area contributed by atoms with E-state index >= 15 is 0 Å². The van der Waals surface area contributed by atoms with Gasteiger partial charge in [-0.05, 0) is 41.2 Å². The Morgan fingerprint density at radius 3 is 2.19 bits per heavy atom. The van der Waals surface area contributed by atoms with E-state index in [9.17, 15) is 0 Å². The van der Waals surface area contributed by atoms with Crippen LogP contribution in [0.25, 0.3) is 38.8 Å². The minimum Gasteiger partial charge on any atom is -0.497 e. The Labute approximate surface area is 181 Å². The second kappa shape index (κ2) is 7.34. The highest BCUT2D eigenvalue weighted by Gasteiger charge is 2.22. The van der Waals surface area contributed by atoms with Crippen molar-refractivity contribution in [2.45, 2.75) is 39.5 Å². The van der Waals surface area contributed by atoms with E-state index in [-0.39, 0.29) is 0 Å². The Morgan fingerprint density at radius 2 is 1.52 bits per heavy atom. The van der Waals surface area contributed by atoms with Gasteiger partial charge in [-0.2, -0.15) is 0 Å². The van der Waals surface area contributed by atoms with E-state index in [1.807, 2.05) is 24.4 Å². The Bertz CT molecular complexity index is 1410. The smallest absolute Gasteiger partial charge is 0.165 e. The van der Waals surface area contributed by atoms with Crippen LogP contribution >= 0.6 is 0 Å². The number of nitrogens with zero attached hydrogens (tertiary/aromatic N) is 4. The summed E-state index contributed by atoms with van der Waals surface area (Å²) in [5, 5.41) is 2.03. The monoisotopic (exact) mass is 410 g/mol. The van der Waals surface area contributed by atoms with Crippen molar-refractivity contribution in [1.29, 1.82) is 0 Å². The van der Waals surface area contributed by atoms with E-state index < -0.39 is 0 Å². The fraction of sp³-hybridized carbons (Fsp3) is 0.269. The third-order valence-electron chi connectivity index (χ3n) is 6.00. The molecule has 0 aliphatic rings. The van der Waals surface area contributed by atoms with Crippen molar-refractivity contribution in [3.8, 4) is 17.0 Å². The number of rotatable bonds is 4. The summed E-state index contributed by atoms with van der Waals surface area (Å²) < 4.78 is 7.67. The highest BCUT2D eigenvalue weighted by molar-refractivity contribution is 6.10. The van der Waals surface area contributed by atoms with Crippen LogP contribution < -0.4 is 4.74 Å². The van der Waals surface area contributed by atoms with Crippen molar-refractivity contribution in [1.82, 2.24) is 19.4 Å². The van der Waals surface area contributed by atoms with Gasteiger partial charge in [-0.1, -0.05) is 45.9 Å². The number of methoxy groups -OCH3 is 1. The van der Waals surface area contributed by atoms with Crippen LogP contribution in [0.15, 0.2) is 55.0 Å². The van der Waals surface area contributed by atoms with Crippen molar-refractivity contribution in [2.75, 3.05) is 7.11 Å². The lowest BCUT2D eigenvalue weighted by atomic mass is 9.87. The Hall–Kier alpha value is -3.47. The second-order valence-corrected chi connectivity index (χ2v) is 8.56. The zero-order valence-electron chi connectivity index (χ0n) is 18.5. The van der Waals surface area contributed by atoms with Gasteiger partial charge < -0.3 is 4.74 Å². The van der Waals surface area contributed by atoms with Gasteiger partial charge in [0.15, 0.2) is 5.65 Å². The van der Waals surface area contributed by atoms with Crippen LogP contribution in [0.4, 0.5) is 0 Å². The third kappa shape index (κ3) is 2.95. The molecule has 31 heavy (non-hydrogen) atoms. The molecule has 5 aromatic rings. The molecule has 0 saturated heterocycles. The summed E-state index contributed by atoms with van der Waals surface area (Å²) in [4.78, 5) is 14.3. The average Bonchev–Trinajstić information content (AvgIpc) is 3.23. The topological polar surface area (TPSA) is 52.3 Å². The van der Waals surface area contributed by atoms with Crippen LogP contribution in [0, 0.1) is 0 Å². The first-order chi connectivity index (χ1) is 15.0. The van der Waals surface area contributed by atoms with Crippen molar-refractivity contribution >= 4 is 27.6 Å². The molecule has 3 heterocycles. The van der Waals surface area contributed by atoms with Crippen LogP contribution in [-0.2, 0) is 0 Å². The normalized spacial score (nSPS) is 12.0. The number of pyridine rings is 1. The molecule has 0 fully saturated rings. The van der Waals surface area contributed by atoms with Crippen molar-refractivity contribution in [3.63, 3.8) is 0 Å². The summed E-state index contributed by atoms with van der Waals surface area (Å²) in [5.74, 6) is 1.57. The van der Waals surface area contributed by atoms with Gasteiger partial charge in [0.2, 0.25) is 0 Å². The summed E-state index contributed by atoms with van der Waals surface area (Å²) in [7, 11) is 1.68. The van der Waals surface area contributed by atoms with Gasteiger partial charge in [-0.25, -0.2) is 9.97 Å². The van der Waals surface area contributed by atoms with E-state index in [1.165, 1.54) is 16.7 Å². The van der Waals surface area contributed by atoms with Gasteiger partial charge in [-0.15, -0.1) is 0 Å². The highest BCUT2D eigenvalue weighted by atomic mass is 16.5. The zero-order valence-corrected chi connectivity index (χ0v) is 18.5. The zero-order chi connectivity index (χ0) is 21.7. The molecule has 0 radical (unpaired) electrons. The fourth-order valence-corrected chi connectivity index (χ4v) is 4.51. The molecule has 0 aliphatic heterocycles. The number of hydrogen-bond donors (Lipinski definition) is 0. The van der Waals surface area contributed by atoms with E-state index in [1.54, 1.807) is 19.5 Å².